The molecule has 1 aromatic carbocycles. The first-order chi connectivity index (χ1) is 6.76. The molecule has 1 aliphatic rings. The van der Waals surface area contributed by atoms with E-state index in [9.17, 15) is 4.39 Å². The summed E-state index contributed by atoms with van der Waals surface area (Å²) in [5.74, 6) is 0. The topological polar surface area (TPSA) is 26.0 Å². The van der Waals surface area contributed by atoms with Crippen molar-refractivity contribution in [3.05, 3.63) is 35.4 Å². The standard InChI is InChI=1S/C12H16FN/c13-9-8-12(14)7-3-5-10-4-1-2-6-11(10)12/h1-2,4,6H,3,5,7-9,14H2. The Balaban J connectivity index is 2.39. The minimum atomic E-state index is -0.413. The molecule has 0 saturated heterocycles. The van der Waals surface area contributed by atoms with E-state index in [1.165, 1.54) is 5.56 Å². The minimum absolute atomic E-state index is 0.329. The fourth-order valence-electron chi connectivity index (χ4n) is 2.38. The van der Waals surface area contributed by atoms with Gasteiger partial charge in [-0.1, -0.05) is 24.3 Å². The minimum Gasteiger partial charge on any atom is -0.321 e. The summed E-state index contributed by atoms with van der Waals surface area (Å²) in [6.07, 6.45) is 3.52. The molecule has 2 rings (SSSR count). The molecule has 0 fully saturated rings. The fraction of sp³-hybridized carbons (Fsp3) is 0.500. The maximum atomic E-state index is 12.4. The van der Waals surface area contributed by atoms with E-state index in [0.29, 0.717) is 6.42 Å². The molecular weight excluding hydrogens is 177 g/mol. The summed E-state index contributed by atoms with van der Waals surface area (Å²) >= 11 is 0. The summed E-state index contributed by atoms with van der Waals surface area (Å²) in [4.78, 5) is 0. The Kier molecular flexibility index (Phi) is 2.55. The molecule has 14 heavy (non-hydrogen) atoms. The Morgan fingerprint density at radius 2 is 2.14 bits per heavy atom. The number of aryl methyl sites for hydroxylation is 1. The van der Waals surface area contributed by atoms with Gasteiger partial charge in [0.15, 0.2) is 0 Å². The zero-order valence-corrected chi connectivity index (χ0v) is 8.30. The van der Waals surface area contributed by atoms with E-state index in [1.807, 2.05) is 18.2 Å². The van der Waals surface area contributed by atoms with Crippen molar-refractivity contribution in [2.75, 3.05) is 6.67 Å². The molecule has 1 nitrogen and oxygen atoms in total. The molecule has 0 spiro atoms. The second kappa shape index (κ2) is 3.70. The normalized spacial score (nSPS) is 25.9. The number of alkyl halides is 1. The highest BCUT2D eigenvalue weighted by Gasteiger charge is 2.31. The number of fused-ring (bicyclic) bond motifs is 1. The average Bonchev–Trinajstić information content (AvgIpc) is 2.19. The third kappa shape index (κ3) is 1.55. The van der Waals surface area contributed by atoms with Crippen molar-refractivity contribution < 1.29 is 4.39 Å². The molecule has 2 heteroatoms. The van der Waals surface area contributed by atoms with Gasteiger partial charge in [0, 0.05) is 5.54 Å². The van der Waals surface area contributed by atoms with Crippen LogP contribution in [0.3, 0.4) is 0 Å². The zero-order chi connectivity index (χ0) is 10.0. The highest BCUT2D eigenvalue weighted by Crippen LogP contribution is 2.35. The van der Waals surface area contributed by atoms with Crippen molar-refractivity contribution >= 4 is 0 Å². The van der Waals surface area contributed by atoms with Gasteiger partial charge in [-0.25, -0.2) is 0 Å². The van der Waals surface area contributed by atoms with Gasteiger partial charge in [-0.3, -0.25) is 4.39 Å². The van der Waals surface area contributed by atoms with Crippen LogP contribution in [0.15, 0.2) is 24.3 Å². The van der Waals surface area contributed by atoms with Crippen molar-refractivity contribution in [1.82, 2.24) is 0 Å². The third-order valence-corrected chi connectivity index (χ3v) is 3.16. The average molecular weight is 193 g/mol. The summed E-state index contributed by atoms with van der Waals surface area (Å²) in [5, 5.41) is 0. The molecule has 0 amide bonds. The Bertz CT molecular complexity index is 324. The van der Waals surface area contributed by atoms with Crippen molar-refractivity contribution in [2.24, 2.45) is 5.73 Å². The quantitative estimate of drug-likeness (QED) is 0.767. The number of benzene rings is 1. The highest BCUT2D eigenvalue weighted by molar-refractivity contribution is 5.35. The van der Waals surface area contributed by atoms with E-state index in [4.69, 9.17) is 5.73 Å². The molecule has 1 atom stereocenters. The monoisotopic (exact) mass is 193 g/mol. The molecular formula is C12H16FN. The summed E-state index contributed by atoms with van der Waals surface area (Å²) in [7, 11) is 0. The maximum Gasteiger partial charge on any atom is 0.0915 e. The van der Waals surface area contributed by atoms with Crippen LogP contribution in [-0.4, -0.2) is 6.67 Å². The Morgan fingerprint density at radius 3 is 2.93 bits per heavy atom. The molecule has 1 aliphatic carbocycles. The zero-order valence-electron chi connectivity index (χ0n) is 8.30. The van der Waals surface area contributed by atoms with Crippen LogP contribution < -0.4 is 5.73 Å². The first-order valence-electron chi connectivity index (χ1n) is 5.19. The lowest BCUT2D eigenvalue weighted by atomic mass is 9.75. The van der Waals surface area contributed by atoms with Crippen LogP contribution >= 0.6 is 0 Å². The van der Waals surface area contributed by atoms with Gasteiger partial charge in [-0.2, -0.15) is 0 Å². The van der Waals surface area contributed by atoms with Gasteiger partial charge in [-0.05, 0) is 36.8 Å². The number of hydrogen-bond acceptors (Lipinski definition) is 1. The molecule has 0 heterocycles. The van der Waals surface area contributed by atoms with Gasteiger partial charge in [0.25, 0.3) is 0 Å². The SMILES string of the molecule is NC1(CCF)CCCc2ccccc21. The van der Waals surface area contributed by atoms with Crippen LogP contribution in [0.1, 0.15) is 30.4 Å². The van der Waals surface area contributed by atoms with Crippen LogP contribution in [0.2, 0.25) is 0 Å². The Morgan fingerprint density at radius 1 is 1.36 bits per heavy atom. The van der Waals surface area contributed by atoms with Crippen LogP contribution in [-0.2, 0) is 12.0 Å². The lowest BCUT2D eigenvalue weighted by molar-refractivity contribution is 0.302. The predicted octanol–water partition coefficient (Wildman–Crippen LogP) is 2.54. The van der Waals surface area contributed by atoms with Crippen LogP contribution in [0, 0.1) is 0 Å². The van der Waals surface area contributed by atoms with Crippen molar-refractivity contribution in [3.63, 3.8) is 0 Å². The van der Waals surface area contributed by atoms with Gasteiger partial charge in [0.2, 0.25) is 0 Å². The lowest BCUT2D eigenvalue weighted by Gasteiger charge is -2.35. The molecule has 0 aliphatic heterocycles. The first-order valence-corrected chi connectivity index (χ1v) is 5.19. The smallest absolute Gasteiger partial charge is 0.0915 e. The Labute approximate surface area is 84.1 Å². The molecule has 2 N–H and O–H groups in total. The number of halogens is 1. The first kappa shape index (κ1) is 9.66. The molecule has 1 aromatic rings. The number of hydrogen-bond donors (Lipinski definition) is 1. The van der Waals surface area contributed by atoms with Gasteiger partial charge < -0.3 is 5.73 Å². The van der Waals surface area contributed by atoms with Gasteiger partial charge >= 0.3 is 0 Å². The molecule has 0 bridgehead atoms. The maximum absolute atomic E-state index is 12.4. The van der Waals surface area contributed by atoms with Crippen LogP contribution in [0.4, 0.5) is 4.39 Å². The molecule has 1 unspecified atom stereocenters. The van der Waals surface area contributed by atoms with Crippen molar-refractivity contribution in [1.29, 1.82) is 0 Å². The van der Waals surface area contributed by atoms with E-state index in [-0.39, 0.29) is 6.67 Å². The van der Waals surface area contributed by atoms with Crippen molar-refractivity contribution in [2.45, 2.75) is 31.2 Å². The van der Waals surface area contributed by atoms with E-state index < -0.39 is 5.54 Å². The highest BCUT2D eigenvalue weighted by atomic mass is 19.1. The molecule has 0 radical (unpaired) electrons. The van der Waals surface area contributed by atoms with Gasteiger partial charge in [0.05, 0.1) is 6.67 Å². The third-order valence-electron chi connectivity index (χ3n) is 3.16. The lowest BCUT2D eigenvalue weighted by Crippen LogP contribution is -2.40. The summed E-state index contributed by atoms with van der Waals surface area (Å²) in [6.45, 7) is -0.329. The summed E-state index contributed by atoms with van der Waals surface area (Å²) in [5.41, 5.74) is 8.29. The van der Waals surface area contributed by atoms with Gasteiger partial charge in [-0.15, -0.1) is 0 Å². The number of nitrogens with two attached hydrogens (primary N) is 1. The van der Waals surface area contributed by atoms with Crippen LogP contribution in [0.5, 0.6) is 0 Å². The Hall–Kier alpha value is -0.890. The summed E-state index contributed by atoms with van der Waals surface area (Å²) in [6, 6.07) is 8.17. The molecule has 0 aromatic heterocycles. The predicted molar refractivity (Wildman–Crippen MR) is 55.8 cm³/mol. The molecule has 0 saturated carbocycles. The van der Waals surface area contributed by atoms with E-state index in [2.05, 4.69) is 6.07 Å². The second-order valence-electron chi connectivity index (χ2n) is 4.11. The van der Waals surface area contributed by atoms with E-state index in [0.717, 1.165) is 24.8 Å². The van der Waals surface area contributed by atoms with Crippen molar-refractivity contribution in [3.8, 4) is 0 Å². The molecule has 76 valence electrons. The largest absolute Gasteiger partial charge is 0.321 e. The van der Waals surface area contributed by atoms with E-state index >= 15 is 0 Å². The second-order valence-corrected chi connectivity index (χ2v) is 4.11. The van der Waals surface area contributed by atoms with E-state index in [1.54, 1.807) is 0 Å². The fourth-order valence-corrected chi connectivity index (χ4v) is 2.38. The number of rotatable bonds is 2. The van der Waals surface area contributed by atoms with Gasteiger partial charge in [0.1, 0.15) is 0 Å². The van der Waals surface area contributed by atoms with Crippen LogP contribution in [0.25, 0.3) is 0 Å². The summed E-state index contributed by atoms with van der Waals surface area (Å²) < 4.78 is 12.4.